The molecule has 0 aliphatic carbocycles. The smallest absolute Gasteiger partial charge is 0.176 e. The van der Waals surface area contributed by atoms with Crippen molar-refractivity contribution in [1.82, 2.24) is 19.9 Å². The third-order valence-electron chi connectivity index (χ3n) is 5.84. The third kappa shape index (κ3) is 4.05. The molecule has 4 aromatic rings. The van der Waals surface area contributed by atoms with Gasteiger partial charge in [0.05, 0.1) is 35.9 Å². The van der Waals surface area contributed by atoms with Crippen molar-refractivity contribution in [3.63, 3.8) is 0 Å². The number of allylic oxidation sites excluding steroid dienone is 4. The first-order valence-electron chi connectivity index (χ1n) is 11.0. The monoisotopic (exact) mass is 440 g/mol. The summed E-state index contributed by atoms with van der Waals surface area (Å²) in [5.74, 6) is 0.793. The van der Waals surface area contributed by atoms with E-state index in [0.717, 1.165) is 34.4 Å². The van der Waals surface area contributed by atoms with Gasteiger partial charge in [0, 0.05) is 23.5 Å². The molecule has 0 aliphatic rings. The fourth-order valence-corrected chi connectivity index (χ4v) is 4.25. The van der Waals surface area contributed by atoms with Crippen LogP contribution in [-0.2, 0) is 10.3 Å². The Bertz CT molecular complexity index is 1270. The van der Waals surface area contributed by atoms with Crippen LogP contribution in [0.25, 0.3) is 16.6 Å². The number of benzene rings is 1. The van der Waals surface area contributed by atoms with Crippen molar-refractivity contribution in [2.75, 3.05) is 7.11 Å². The highest BCUT2D eigenvalue weighted by atomic mass is 16.5. The highest BCUT2D eigenvalue weighted by Crippen LogP contribution is 2.40. The Hall–Kier alpha value is -3.77. The van der Waals surface area contributed by atoms with Gasteiger partial charge in [0.15, 0.2) is 5.60 Å². The number of nitrogens with zero attached hydrogens (tertiary/aromatic N) is 3. The number of pyridine rings is 2. The molecule has 0 amide bonds. The summed E-state index contributed by atoms with van der Waals surface area (Å²) in [6.07, 6.45) is 8.04. The lowest BCUT2D eigenvalue weighted by molar-refractivity contribution is 0.117. The maximum absolute atomic E-state index is 12.3. The second-order valence-electron chi connectivity index (χ2n) is 7.89. The van der Waals surface area contributed by atoms with Gasteiger partial charge < -0.3 is 14.8 Å². The Morgan fingerprint density at radius 3 is 2.24 bits per heavy atom. The lowest BCUT2D eigenvalue weighted by atomic mass is 9.83. The minimum atomic E-state index is -1.61. The predicted molar refractivity (Wildman–Crippen MR) is 130 cm³/mol. The standard InChI is InChI=1S/C27H28N4O2/c1-5-10-18(2)25(19(3)33-4)20-15-21(26-22(16-20)30-17-31-26)27(32,23-11-6-8-13-28-23)24-12-7-9-14-29-24/h6-17,32H,5H2,1-4H3,(H,30,31). The molecule has 1 aromatic carbocycles. The third-order valence-corrected chi connectivity index (χ3v) is 5.84. The van der Waals surface area contributed by atoms with Gasteiger partial charge in [-0.05, 0) is 67.8 Å². The van der Waals surface area contributed by atoms with Crippen LogP contribution in [0, 0.1) is 0 Å². The summed E-state index contributed by atoms with van der Waals surface area (Å²) in [6.45, 7) is 6.12. The van der Waals surface area contributed by atoms with Crippen molar-refractivity contribution >= 4 is 16.6 Å². The zero-order valence-electron chi connectivity index (χ0n) is 19.3. The van der Waals surface area contributed by atoms with Crippen LogP contribution in [0.5, 0.6) is 0 Å². The van der Waals surface area contributed by atoms with Crippen LogP contribution in [0.1, 0.15) is 49.7 Å². The summed E-state index contributed by atoms with van der Waals surface area (Å²) in [7, 11) is 1.67. The summed E-state index contributed by atoms with van der Waals surface area (Å²) in [6, 6.07) is 15.0. The first kappa shape index (κ1) is 22.4. The van der Waals surface area contributed by atoms with E-state index in [1.54, 1.807) is 38.0 Å². The van der Waals surface area contributed by atoms with Crippen LogP contribution in [0.15, 0.2) is 84.7 Å². The largest absolute Gasteiger partial charge is 0.501 e. The van der Waals surface area contributed by atoms with Gasteiger partial charge in [0.1, 0.15) is 5.76 Å². The zero-order chi connectivity index (χ0) is 23.4. The number of aromatic nitrogens is 4. The second kappa shape index (κ2) is 9.38. The molecule has 0 saturated carbocycles. The minimum Gasteiger partial charge on any atom is -0.501 e. The average molecular weight is 441 g/mol. The number of aliphatic hydroxyl groups is 1. The quantitative estimate of drug-likeness (QED) is 0.298. The van der Waals surface area contributed by atoms with Crippen LogP contribution in [-0.4, -0.2) is 32.2 Å². The number of nitrogens with one attached hydrogen (secondary N) is 1. The molecule has 0 aliphatic heterocycles. The molecular weight excluding hydrogens is 412 g/mol. The highest BCUT2D eigenvalue weighted by Gasteiger charge is 2.39. The topological polar surface area (TPSA) is 83.9 Å². The number of fused-ring (bicyclic) bond motifs is 1. The SMILES string of the molecule is CCC=C(C)C(=C(C)OC)c1cc(C(O)(c2ccccn2)c2ccccn2)c2nc[nH]c2c1. The van der Waals surface area contributed by atoms with Crippen LogP contribution in [0.3, 0.4) is 0 Å². The van der Waals surface area contributed by atoms with Crippen LogP contribution in [0.2, 0.25) is 0 Å². The Balaban J connectivity index is 2.08. The highest BCUT2D eigenvalue weighted by molar-refractivity contribution is 5.89. The summed E-state index contributed by atoms with van der Waals surface area (Å²) in [4.78, 5) is 16.8. The van der Waals surface area contributed by atoms with E-state index in [1.165, 1.54) is 0 Å². The van der Waals surface area contributed by atoms with Crippen molar-refractivity contribution in [2.24, 2.45) is 0 Å². The normalized spacial score (nSPS) is 13.2. The molecule has 0 bridgehead atoms. The predicted octanol–water partition coefficient (Wildman–Crippen LogP) is 5.37. The van der Waals surface area contributed by atoms with Gasteiger partial charge in [-0.25, -0.2) is 4.98 Å². The Morgan fingerprint density at radius 2 is 1.70 bits per heavy atom. The fraction of sp³-hybridized carbons (Fsp3) is 0.222. The van der Waals surface area contributed by atoms with E-state index in [-0.39, 0.29) is 0 Å². The van der Waals surface area contributed by atoms with Crippen molar-refractivity contribution < 1.29 is 9.84 Å². The number of imidazole rings is 1. The maximum Gasteiger partial charge on any atom is 0.176 e. The van der Waals surface area contributed by atoms with E-state index in [9.17, 15) is 5.11 Å². The molecule has 0 atom stereocenters. The van der Waals surface area contributed by atoms with Gasteiger partial charge in [-0.3, -0.25) is 9.97 Å². The number of H-pyrrole nitrogens is 1. The van der Waals surface area contributed by atoms with Crippen LogP contribution >= 0.6 is 0 Å². The molecule has 3 aromatic heterocycles. The van der Waals surface area contributed by atoms with E-state index in [0.29, 0.717) is 22.5 Å². The lowest BCUT2D eigenvalue weighted by Crippen LogP contribution is -2.31. The fourth-order valence-electron chi connectivity index (χ4n) is 4.25. The summed E-state index contributed by atoms with van der Waals surface area (Å²) >= 11 is 0. The molecule has 6 nitrogen and oxygen atoms in total. The Kier molecular flexibility index (Phi) is 6.38. The van der Waals surface area contributed by atoms with Gasteiger partial charge in [-0.2, -0.15) is 0 Å². The zero-order valence-corrected chi connectivity index (χ0v) is 19.3. The molecule has 2 N–H and O–H groups in total. The summed E-state index contributed by atoms with van der Waals surface area (Å²) < 4.78 is 5.65. The summed E-state index contributed by atoms with van der Waals surface area (Å²) in [5.41, 5.74) is 4.37. The number of hydrogen-bond acceptors (Lipinski definition) is 5. The van der Waals surface area contributed by atoms with Crippen molar-refractivity contribution in [2.45, 2.75) is 32.8 Å². The Labute approximate surface area is 193 Å². The first-order valence-corrected chi connectivity index (χ1v) is 11.0. The number of ether oxygens (including phenoxy) is 1. The van der Waals surface area contributed by atoms with E-state index in [2.05, 4.69) is 39.9 Å². The number of hydrogen-bond donors (Lipinski definition) is 2. The van der Waals surface area contributed by atoms with E-state index >= 15 is 0 Å². The van der Waals surface area contributed by atoms with Gasteiger partial charge in [0.25, 0.3) is 0 Å². The van der Waals surface area contributed by atoms with E-state index in [1.807, 2.05) is 43.3 Å². The van der Waals surface area contributed by atoms with Crippen LogP contribution < -0.4 is 0 Å². The minimum absolute atomic E-state index is 0.472. The molecule has 0 unspecified atom stereocenters. The summed E-state index contributed by atoms with van der Waals surface area (Å²) in [5, 5.41) is 12.3. The second-order valence-corrected chi connectivity index (χ2v) is 7.89. The van der Waals surface area contributed by atoms with Crippen molar-refractivity contribution in [3.05, 3.63) is 107 Å². The molecule has 4 rings (SSSR count). The average Bonchev–Trinajstić information content (AvgIpc) is 3.33. The molecule has 0 saturated heterocycles. The number of methoxy groups -OCH3 is 1. The van der Waals surface area contributed by atoms with Crippen molar-refractivity contribution in [3.8, 4) is 0 Å². The molecular formula is C27H28N4O2. The maximum atomic E-state index is 12.3. The van der Waals surface area contributed by atoms with Gasteiger partial charge in [0.2, 0.25) is 0 Å². The molecule has 3 heterocycles. The molecule has 0 fully saturated rings. The lowest BCUT2D eigenvalue weighted by Gasteiger charge is -2.29. The van der Waals surface area contributed by atoms with E-state index < -0.39 is 5.60 Å². The first-order chi connectivity index (χ1) is 16.0. The Morgan fingerprint density at radius 1 is 1.03 bits per heavy atom. The van der Waals surface area contributed by atoms with Crippen LogP contribution in [0.4, 0.5) is 0 Å². The van der Waals surface area contributed by atoms with Crippen molar-refractivity contribution in [1.29, 1.82) is 0 Å². The molecule has 0 radical (unpaired) electrons. The number of aromatic amines is 1. The van der Waals surface area contributed by atoms with Gasteiger partial charge in [-0.15, -0.1) is 0 Å². The molecule has 0 spiro atoms. The van der Waals surface area contributed by atoms with Gasteiger partial charge >= 0.3 is 0 Å². The molecule has 6 heteroatoms. The van der Waals surface area contributed by atoms with Gasteiger partial charge in [-0.1, -0.05) is 25.1 Å². The van der Waals surface area contributed by atoms with E-state index in [4.69, 9.17) is 4.74 Å². The molecule has 168 valence electrons. The molecule has 33 heavy (non-hydrogen) atoms. The number of rotatable bonds is 7.